The SMILES string of the molecule is CC1CN(c2ccccc2)C2NC3C(C(=O)N(Cc4c(F)cccc4Cl)C(=O)N3C)N2C1. The third-order valence-electron chi connectivity index (χ3n) is 6.55. The van der Waals surface area contributed by atoms with Crippen molar-refractivity contribution < 1.29 is 14.0 Å². The highest BCUT2D eigenvalue weighted by Crippen LogP contribution is 2.35. The van der Waals surface area contributed by atoms with Crippen molar-refractivity contribution in [3.8, 4) is 0 Å². The average Bonchev–Trinajstić information content (AvgIpc) is 3.16. The topological polar surface area (TPSA) is 59.1 Å². The van der Waals surface area contributed by atoms with Gasteiger partial charge in [0, 0.05) is 36.4 Å². The van der Waals surface area contributed by atoms with Gasteiger partial charge in [-0.05, 0) is 30.2 Å². The molecular weight excluding hydrogens is 433 g/mol. The second-order valence-electron chi connectivity index (χ2n) is 8.74. The number of carbonyl (C=O) groups is 2. The van der Waals surface area contributed by atoms with Crippen LogP contribution in [-0.4, -0.2) is 65.3 Å². The van der Waals surface area contributed by atoms with E-state index >= 15 is 0 Å². The summed E-state index contributed by atoms with van der Waals surface area (Å²) in [6, 6.07) is 13.3. The molecule has 3 amide bonds. The van der Waals surface area contributed by atoms with Gasteiger partial charge in [0.1, 0.15) is 24.3 Å². The number of hydrogen-bond donors (Lipinski definition) is 1. The summed E-state index contributed by atoms with van der Waals surface area (Å²) in [6.07, 6.45) is -0.691. The van der Waals surface area contributed by atoms with Gasteiger partial charge in [0.15, 0.2) is 0 Å². The third-order valence-corrected chi connectivity index (χ3v) is 6.91. The Morgan fingerprint density at radius 3 is 2.56 bits per heavy atom. The minimum absolute atomic E-state index is 0.142. The molecule has 5 rings (SSSR count). The van der Waals surface area contributed by atoms with Gasteiger partial charge in [-0.1, -0.05) is 42.8 Å². The molecule has 0 aliphatic carbocycles. The summed E-state index contributed by atoms with van der Waals surface area (Å²) in [4.78, 5) is 33.7. The Balaban J connectivity index is 1.48. The van der Waals surface area contributed by atoms with E-state index in [1.54, 1.807) is 13.1 Å². The first-order chi connectivity index (χ1) is 15.4. The highest BCUT2D eigenvalue weighted by molar-refractivity contribution is 6.31. The second-order valence-corrected chi connectivity index (χ2v) is 9.15. The summed E-state index contributed by atoms with van der Waals surface area (Å²) < 4.78 is 14.4. The van der Waals surface area contributed by atoms with E-state index in [0.29, 0.717) is 12.5 Å². The number of benzene rings is 2. The van der Waals surface area contributed by atoms with Gasteiger partial charge in [0.2, 0.25) is 0 Å². The van der Waals surface area contributed by atoms with E-state index in [9.17, 15) is 14.0 Å². The minimum atomic E-state index is -0.567. The van der Waals surface area contributed by atoms with Gasteiger partial charge in [-0.2, -0.15) is 0 Å². The zero-order valence-corrected chi connectivity index (χ0v) is 18.7. The van der Waals surface area contributed by atoms with Gasteiger partial charge in [-0.3, -0.25) is 19.9 Å². The maximum Gasteiger partial charge on any atom is 0.328 e. The van der Waals surface area contributed by atoms with Crippen LogP contribution in [0, 0.1) is 11.7 Å². The Morgan fingerprint density at radius 2 is 1.84 bits per heavy atom. The van der Waals surface area contributed by atoms with Gasteiger partial charge in [0.25, 0.3) is 5.91 Å². The lowest BCUT2D eigenvalue weighted by Gasteiger charge is -2.46. The average molecular weight is 458 g/mol. The molecule has 3 aliphatic heterocycles. The fourth-order valence-electron chi connectivity index (χ4n) is 5.03. The molecular formula is C23H25ClFN5O2. The van der Waals surface area contributed by atoms with Crippen LogP contribution in [0.2, 0.25) is 5.02 Å². The fourth-order valence-corrected chi connectivity index (χ4v) is 5.25. The standard InChI is InChI=1S/C23H25ClFN5O2/c1-14-11-28(15-7-4-3-5-8-15)22-26-20-19(29(22)12-14)21(31)30(23(32)27(20)2)13-16-17(24)9-6-10-18(16)25/h3-10,14,19-20,22,26H,11-13H2,1-2H3. The van der Waals surface area contributed by atoms with Crippen LogP contribution in [0.15, 0.2) is 48.5 Å². The molecule has 3 saturated heterocycles. The summed E-state index contributed by atoms with van der Waals surface area (Å²) in [5.41, 5.74) is 1.19. The molecule has 0 bridgehead atoms. The van der Waals surface area contributed by atoms with E-state index in [4.69, 9.17) is 11.6 Å². The number of fused-ring (bicyclic) bond motifs is 3. The highest BCUT2D eigenvalue weighted by atomic mass is 35.5. The molecule has 0 aromatic heterocycles. The first kappa shape index (κ1) is 21.2. The molecule has 3 heterocycles. The number of amides is 3. The number of nitrogens with one attached hydrogen (secondary N) is 1. The molecule has 0 spiro atoms. The molecule has 2 aromatic rings. The molecule has 0 saturated carbocycles. The predicted molar refractivity (Wildman–Crippen MR) is 119 cm³/mol. The number of para-hydroxylation sites is 1. The summed E-state index contributed by atoms with van der Waals surface area (Å²) in [7, 11) is 1.67. The van der Waals surface area contributed by atoms with Crippen molar-refractivity contribution in [2.75, 3.05) is 25.0 Å². The Kier molecular flexibility index (Phi) is 5.31. The van der Waals surface area contributed by atoms with Crippen LogP contribution in [0.25, 0.3) is 0 Å². The number of nitrogens with zero attached hydrogens (tertiary/aromatic N) is 4. The lowest BCUT2D eigenvalue weighted by Crippen LogP contribution is -2.66. The Hall–Kier alpha value is -2.68. The number of anilines is 1. The first-order valence-corrected chi connectivity index (χ1v) is 11.1. The van der Waals surface area contributed by atoms with Gasteiger partial charge in [0.05, 0.1) is 6.54 Å². The molecule has 32 heavy (non-hydrogen) atoms. The van der Waals surface area contributed by atoms with Crippen LogP contribution in [0.5, 0.6) is 0 Å². The van der Waals surface area contributed by atoms with Crippen molar-refractivity contribution in [2.24, 2.45) is 5.92 Å². The first-order valence-electron chi connectivity index (χ1n) is 10.7. The van der Waals surface area contributed by atoms with Crippen LogP contribution < -0.4 is 10.2 Å². The molecule has 3 fully saturated rings. The van der Waals surface area contributed by atoms with Crippen molar-refractivity contribution in [1.29, 1.82) is 0 Å². The zero-order chi connectivity index (χ0) is 22.6. The highest BCUT2D eigenvalue weighted by Gasteiger charge is 2.56. The summed E-state index contributed by atoms with van der Waals surface area (Å²) in [6.45, 7) is 3.49. The zero-order valence-electron chi connectivity index (χ0n) is 17.9. The molecule has 4 atom stereocenters. The number of urea groups is 1. The number of halogens is 2. The molecule has 7 nitrogen and oxygen atoms in total. The van der Waals surface area contributed by atoms with Crippen molar-refractivity contribution >= 4 is 29.2 Å². The maximum atomic E-state index is 14.4. The van der Waals surface area contributed by atoms with Crippen molar-refractivity contribution in [3.05, 3.63) is 64.9 Å². The van der Waals surface area contributed by atoms with E-state index in [2.05, 4.69) is 22.0 Å². The Bertz CT molecular complexity index is 1030. The van der Waals surface area contributed by atoms with Gasteiger partial charge in [-0.25, -0.2) is 9.18 Å². The van der Waals surface area contributed by atoms with Crippen LogP contribution in [0.4, 0.5) is 14.9 Å². The maximum absolute atomic E-state index is 14.4. The van der Waals surface area contributed by atoms with Crippen LogP contribution >= 0.6 is 11.6 Å². The molecule has 0 radical (unpaired) electrons. The Labute approximate surface area is 191 Å². The molecule has 1 N–H and O–H groups in total. The van der Waals surface area contributed by atoms with Gasteiger partial charge in [-0.15, -0.1) is 0 Å². The number of carbonyl (C=O) groups excluding carboxylic acids is 2. The fraction of sp³-hybridized carbons (Fsp3) is 0.391. The van der Waals surface area contributed by atoms with E-state index in [0.717, 1.165) is 17.1 Å². The second kappa shape index (κ2) is 8.03. The monoisotopic (exact) mass is 457 g/mol. The number of hydrogen-bond acceptors (Lipinski definition) is 5. The van der Waals surface area contributed by atoms with E-state index < -0.39 is 24.1 Å². The molecule has 9 heteroatoms. The number of likely N-dealkylation sites (N-methyl/N-ethyl adjacent to an activating group) is 1. The largest absolute Gasteiger partial charge is 0.343 e. The van der Waals surface area contributed by atoms with Crippen molar-refractivity contribution in [3.63, 3.8) is 0 Å². The van der Waals surface area contributed by atoms with Crippen LogP contribution in [0.1, 0.15) is 12.5 Å². The van der Waals surface area contributed by atoms with Gasteiger partial charge >= 0.3 is 6.03 Å². The molecule has 4 unspecified atom stereocenters. The number of rotatable bonds is 3. The normalized spacial score (nSPS) is 28.2. The van der Waals surface area contributed by atoms with E-state index in [-0.39, 0.29) is 29.3 Å². The smallest absolute Gasteiger partial charge is 0.328 e. The quantitative estimate of drug-likeness (QED) is 0.768. The Morgan fingerprint density at radius 1 is 1.09 bits per heavy atom. The summed E-state index contributed by atoms with van der Waals surface area (Å²) in [5, 5.41) is 3.69. The van der Waals surface area contributed by atoms with Gasteiger partial charge < -0.3 is 9.80 Å². The van der Waals surface area contributed by atoms with Crippen molar-refractivity contribution in [2.45, 2.75) is 32.0 Å². The lowest BCUT2D eigenvalue weighted by molar-refractivity contribution is -0.139. The van der Waals surface area contributed by atoms with E-state index in [1.165, 1.54) is 17.0 Å². The summed E-state index contributed by atoms with van der Waals surface area (Å²) >= 11 is 6.18. The summed E-state index contributed by atoms with van der Waals surface area (Å²) in [5.74, 6) is -0.557. The lowest BCUT2D eigenvalue weighted by atomic mass is 10.0. The number of imide groups is 1. The van der Waals surface area contributed by atoms with E-state index in [1.807, 2.05) is 30.3 Å². The van der Waals surface area contributed by atoms with Crippen LogP contribution in [-0.2, 0) is 11.3 Å². The van der Waals surface area contributed by atoms with Crippen molar-refractivity contribution in [1.82, 2.24) is 20.0 Å². The predicted octanol–water partition coefficient (Wildman–Crippen LogP) is 2.91. The minimum Gasteiger partial charge on any atom is -0.343 e. The van der Waals surface area contributed by atoms with Crippen LogP contribution in [0.3, 0.4) is 0 Å². The molecule has 2 aromatic carbocycles. The molecule has 3 aliphatic rings. The third kappa shape index (κ3) is 3.34. The molecule has 168 valence electrons.